The van der Waals surface area contributed by atoms with Crippen LogP contribution in [0.2, 0.25) is 5.02 Å². The summed E-state index contributed by atoms with van der Waals surface area (Å²) in [5.41, 5.74) is 0.366. The molecule has 1 aromatic carbocycles. The quantitative estimate of drug-likeness (QED) is 0.832. The smallest absolute Gasteiger partial charge is 0.257 e. The molecule has 0 aliphatic heterocycles. The molecule has 2 aromatic rings. The fraction of sp³-hybridized carbons (Fsp3) is 0.286. The minimum atomic E-state index is -0.555. The monoisotopic (exact) mass is 311 g/mol. The molecule has 0 spiro atoms. The summed E-state index contributed by atoms with van der Waals surface area (Å²) in [7, 11) is 1.78. The molecule has 21 heavy (non-hydrogen) atoms. The van der Waals surface area contributed by atoms with Gasteiger partial charge >= 0.3 is 0 Å². The van der Waals surface area contributed by atoms with Gasteiger partial charge in [0.15, 0.2) is 0 Å². The Morgan fingerprint density at radius 1 is 1.43 bits per heavy atom. The second-order valence-electron chi connectivity index (χ2n) is 4.42. The number of halogens is 2. The zero-order valence-electron chi connectivity index (χ0n) is 11.7. The summed E-state index contributed by atoms with van der Waals surface area (Å²) in [6, 6.07) is 4.28. The Morgan fingerprint density at radius 2 is 2.19 bits per heavy atom. The van der Waals surface area contributed by atoms with Crippen molar-refractivity contribution in [2.45, 2.75) is 6.92 Å². The highest BCUT2D eigenvalue weighted by atomic mass is 35.5. The number of rotatable bonds is 5. The Labute approximate surface area is 126 Å². The number of nitrogens with one attached hydrogen (secondary N) is 2. The van der Waals surface area contributed by atoms with E-state index in [2.05, 4.69) is 15.8 Å². The van der Waals surface area contributed by atoms with Gasteiger partial charge < -0.3 is 15.2 Å². The standard InChI is InChI=1S/C14H15ClFN3O2/c1-8-11(14(20)18-7-6-17-2)13(19-21-8)12-9(15)4-3-5-10(12)16/h3-5,17H,6-7H2,1-2H3,(H,18,20). The minimum absolute atomic E-state index is 0.0646. The van der Waals surface area contributed by atoms with Crippen LogP contribution in [0, 0.1) is 12.7 Å². The van der Waals surface area contributed by atoms with Gasteiger partial charge in [0.25, 0.3) is 5.91 Å². The number of hydrogen-bond acceptors (Lipinski definition) is 4. The Kier molecular flexibility index (Phi) is 4.93. The van der Waals surface area contributed by atoms with Crippen LogP contribution in [0.25, 0.3) is 11.3 Å². The molecule has 5 nitrogen and oxygen atoms in total. The number of nitrogens with zero attached hydrogens (tertiary/aromatic N) is 1. The third-order valence-electron chi connectivity index (χ3n) is 2.95. The molecular formula is C14H15ClFN3O2. The van der Waals surface area contributed by atoms with E-state index >= 15 is 0 Å². The van der Waals surface area contributed by atoms with Crippen molar-refractivity contribution in [3.8, 4) is 11.3 Å². The summed E-state index contributed by atoms with van der Waals surface area (Å²) in [5, 5.41) is 9.58. The van der Waals surface area contributed by atoms with Crippen LogP contribution in [0.3, 0.4) is 0 Å². The van der Waals surface area contributed by atoms with Gasteiger partial charge in [-0.15, -0.1) is 0 Å². The van der Waals surface area contributed by atoms with Crippen LogP contribution in [-0.2, 0) is 0 Å². The number of carbonyl (C=O) groups excluding carboxylic acids is 1. The van der Waals surface area contributed by atoms with Crippen LogP contribution in [0.4, 0.5) is 4.39 Å². The molecule has 7 heteroatoms. The van der Waals surface area contributed by atoms with Gasteiger partial charge in [-0.2, -0.15) is 0 Å². The molecule has 1 amide bonds. The predicted octanol–water partition coefficient (Wildman–Crippen LogP) is 2.39. The lowest BCUT2D eigenvalue weighted by Crippen LogP contribution is -2.30. The highest BCUT2D eigenvalue weighted by Gasteiger charge is 2.24. The molecule has 1 heterocycles. The first kappa shape index (κ1) is 15.5. The first-order valence-electron chi connectivity index (χ1n) is 6.39. The van der Waals surface area contributed by atoms with E-state index in [-0.39, 0.29) is 27.8 Å². The van der Waals surface area contributed by atoms with E-state index in [1.54, 1.807) is 14.0 Å². The van der Waals surface area contributed by atoms with Crippen molar-refractivity contribution in [1.29, 1.82) is 0 Å². The highest BCUT2D eigenvalue weighted by Crippen LogP contribution is 2.33. The topological polar surface area (TPSA) is 67.2 Å². The zero-order valence-corrected chi connectivity index (χ0v) is 12.4. The van der Waals surface area contributed by atoms with Crippen molar-refractivity contribution in [2.75, 3.05) is 20.1 Å². The van der Waals surface area contributed by atoms with Crippen molar-refractivity contribution >= 4 is 17.5 Å². The van der Waals surface area contributed by atoms with Crippen molar-refractivity contribution in [3.63, 3.8) is 0 Å². The number of benzene rings is 1. The van der Waals surface area contributed by atoms with Gasteiger partial charge in [0, 0.05) is 13.1 Å². The fourth-order valence-electron chi connectivity index (χ4n) is 1.92. The Hall–Kier alpha value is -1.92. The summed E-state index contributed by atoms with van der Waals surface area (Å²) in [4.78, 5) is 12.2. The van der Waals surface area contributed by atoms with Gasteiger partial charge in [0.2, 0.25) is 0 Å². The molecule has 0 aliphatic carbocycles. The molecule has 0 bridgehead atoms. The molecule has 0 atom stereocenters. The molecule has 2 N–H and O–H groups in total. The molecule has 2 rings (SSSR count). The van der Waals surface area contributed by atoms with Gasteiger partial charge in [-0.05, 0) is 26.1 Å². The highest BCUT2D eigenvalue weighted by molar-refractivity contribution is 6.33. The molecule has 112 valence electrons. The van der Waals surface area contributed by atoms with Crippen molar-refractivity contribution in [3.05, 3.63) is 40.4 Å². The number of aromatic nitrogens is 1. The van der Waals surface area contributed by atoms with Crippen LogP contribution in [0.5, 0.6) is 0 Å². The molecule has 0 fully saturated rings. The lowest BCUT2D eigenvalue weighted by atomic mass is 10.0. The summed E-state index contributed by atoms with van der Waals surface area (Å²) in [6.07, 6.45) is 0. The summed E-state index contributed by atoms with van der Waals surface area (Å²) in [6.45, 7) is 2.65. The average molecular weight is 312 g/mol. The van der Waals surface area contributed by atoms with Gasteiger partial charge in [0.05, 0.1) is 10.6 Å². The lowest BCUT2D eigenvalue weighted by molar-refractivity contribution is 0.0953. The summed E-state index contributed by atoms with van der Waals surface area (Å²) >= 11 is 6.01. The van der Waals surface area contributed by atoms with Crippen LogP contribution in [-0.4, -0.2) is 31.2 Å². The normalized spacial score (nSPS) is 10.7. The maximum absolute atomic E-state index is 14.0. The molecular weight excluding hydrogens is 297 g/mol. The van der Waals surface area contributed by atoms with E-state index in [1.165, 1.54) is 18.2 Å². The van der Waals surface area contributed by atoms with Gasteiger partial charge in [-0.3, -0.25) is 4.79 Å². The predicted molar refractivity (Wildman–Crippen MR) is 77.9 cm³/mol. The maximum Gasteiger partial charge on any atom is 0.257 e. The van der Waals surface area contributed by atoms with Crippen LogP contribution in [0.15, 0.2) is 22.7 Å². The van der Waals surface area contributed by atoms with E-state index in [0.717, 1.165) is 0 Å². The van der Waals surface area contributed by atoms with Crippen LogP contribution >= 0.6 is 11.6 Å². The van der Waals surface area contributed by atoms with Crippen molar-refractivity contribution in [2.24, 2.45) is 0 Å². The third kappa shape index (κ3) is 3.22. The second kappa shape index (κ2) is 6.69. The lowest BCUT2D eigenvalue weighted by Gasteiger charge is -2.07. The SMILES string of the molecule is CNCCNC(=O)c1c(-c2c(F)cccc2Cl)noc1C. The zero-order chi connectivity index (χ0) is 15.4. The molecule has 0 aliphatic rings. The summed E-state index contributed by atoms with van der Waals surface area (Å²) < 4.78 is 19.0. The number of likely N-dealkylation sites (N-methyl/N-ethyl adjacent to an activating group) is 1. The first-order chi connectivity index (χ1) is 10.1. The van der Waals surface area contributed by atoms with Crippen molar-refractivity contribution < 1.29 is 13.7 Å². The molecule has 0 saturated carbocycles. The number of aryl methyl sites for hydroxylation is 1. The second-order valence-corrected chi connectivity index (χ2v) is 4.83. The van der Waals surface area contributed by atoms with Gasteiger partial charge in [-0.25, -0.2) is 4.39 Å². The Bertz CT molecular complexity index is 637. The van der Waals surface area contributed by atoms with Crippen LogP contribution in [0.1, 0.15) is 16.1 Å². The Morgan fingerprint density at radius 3 is 2.86 bits per heavy atom. The minimum Gasteiger partial charge on any atom is -0.360 e. The third-order valence-corrected chi connectivity index (χ3v) is 3.26. The first-order valence-corrected chi connectivity index (χ1v) is 6.77. The number of amides is 1. The fourth-order valence-corrected chi connectivity index (χ4v) is 2.18. The number of hydrogen-bond donors (Lipinski definition) is 2. The largest absolute Gasteiger partial charge is 0.360 e. The van der Waals surface area contributed by atoms with E-state index in [0.29, 0.717) is 18.8 Å². The summed E-state index contributed by atoms with van der Waals surface area (Å²) in [5.74, 6) is -0.621. The number of carbonyl (C=O) groups is 1. The van der Waals surface area contributed by atoms with E-state index < -0.39 is 5.82 Å². The average Bonchev–Trinajstić information content (AvgIpc) is 2.80. The van der Waals surface area contributed by atoms with E-state index in [4.69, 9.17) is 16.1 Å². The molecule has 0 unspecified atom stereocenters. The maximum atomic E-state index is 14.0. The van der Waals surface area contributed by atoms with E-state index in [1.807, 2.05) is 0 Å². The van der Waals surface area contributed by atoms with E-state index in [9.17, 15) is 9.18 Å². The van der Waals surface area contributed by atoms with Gasteiger partial charge in [0.1, 0.15) is 22.8 Å². The molecule has 1 aromatic heterocycles. The van der Waals surface area contributed by atoms with Gasteiger partial charge in [-0.1, -0.05) is 22.8 Å². The van der Waals surface area contributed by atoms with Crippen molar-refractivity contribution in [1.82, 2.24) is 15.8 Å². The molecule has 0 saturated heterocycles. The van der Waals surface area contributed by atoms with Crippen LogP contribution < -0.4 is 10.6 Å². The Balaban J connectivity index is 2.41. The molecule has 0 radical (unpaired) electrons.